The van der Waals surface area contributed by atoms with Crippen LogP contribution in [0.3, 0.4) is 0 Å². The van der Waals surface area contributed by atoms with Gasteiger partial charge >= 0.3 is 5.69 Å². The molecule has 2 aromatic heterocycles. The lowest BCUT2D eigenvalue weighted by molar-refractivity contribution is 0.186. The molecule has 6 nitrogen and oxygen atoms in total. The SMILES string of the molecule is C#CCCn1c(=O)c2c(C)c(CO)sc2n(CCOC)c1=O. The second kappa shape index (κ2) is 6.92. The lowest BCUT2D eigenvalue weighted by Gasteiger charge is -2.11. The third-order valence-corrected chi connectivity index (χ3v) is 4.83. The Kier molecular flexibility index (Phi) is 5.19. The Morgan fingerprint density at radius 2 is 2.05 bits per heavy atom. The number of ether oxygens (including phenoxy) is 1. The molecule has 118 valence electrons. The molecule has 2 rings (SSSR count). The van der Waals surface area contributed by atoms with E-state index in [-0.39, 0.29) is 18.7 Å². The van der Waals surface area contributed by atoms with Gasteiger partial charge in [-0.1, -0.05) is 0 Å². The summed E-state index contributed by atoms with van der Waals surface area (Å²) >= 11 is 1.27. The minimum Gasteiger partial charge on any atom is -0.391 e. The van der Waals surface area contributed by atoms with Gasteiger partial charge in [-0.2, -0.15) is 0 Å². The highest BCUT2D eigenvalue weighted by atomic mass is 32.1. The average molecular weight is 322 g/mol. The van der Waals surface area contributed by atoms with Crippen molar-refractivity contribution in [1.29, 1.82) is 0 Å². The third-order valence-electron chi connectivity index (χ3n) is 3.54. The summed E-state index contributed by atoms with van der Waals surface area (Å²) in [4.78, 5) is 26.4. The molecule has 0 saturated carbocycles. The van der Waals surface area contributed by atoms with Crippen molar-refractivity contribution in [1.82, 2.24) is 9.13 Å². The summed E-state index contributed by atoms with van der Waals surface area (Å²) in [5, 5.41) is 9.89. The molecule has 0 unspecified atom stereocenters. The monoisotopic (exact) mass is 322 g/mol. The van der Waals surface area contributed by atoms with E-state index in [0.717, 1.165) is 0 Å². The Bertz CT molecular complexity index is 838. The first-order chi connectivity index (χ1) is 10.6. The van der Waals surface area contributed by atoms with E-state index in [2.05, 4.69) is 5.92 Å². The number of nitrogens with zero attached hydrogens (tertiary/aromatic N) is 2. The van der Waals surface area contributed by atoms with Crippen molar-refractivity contribution >= 4 is 21.6 Å². The summed E-state index contributed by atoms with van der Waals surface area (Å²) < 4.78 is 7.73. The summed E-state index contributed by atoms with van der Waals surface area (Å²) in [5.41, 5.74) is -0.0268. The zero-order valence-corrected chi connectivity index (χ0v) is 13.4. The van der Waals surface area contributed by atoms with Gasteiger partial charge in [0.05, 0.1) is 25.1 Å². The smallest absolute Gasteiger partial charge is 0.332 e. The minimum absolute atomic E-state index is 0.159. The molecule has 0 bridgehead atoms. The van der Waals surface area contributed by atoms with Crippen LogP contribution in [0.25, 0.3) is 10.2 Å². The van der Waals surface area contributed by atoms with Gasteiger partial charge in [0.1, 0.15) is 4.83 Å². The predicted molar refractivity (Wildman–Crippen MR) is 86.3 cm³/mol. The highest BCUT2D eigenvalue weighted by Crippen LogP contribution is 2.27. The van der Waals surface area contributed by atoms with Crippen molar-refractivity contribution in [2.45, 2.75) is 33.0 Å². The predicted octanol–water partition coefficient (Wildman–Crippen LogP) is 0.695. The topological polar surface area (TPSA) is 73.5 Å². The Hall–Kier alpha value is -1.88. The third kappa shape index (κ3) is 2.73. The minimum atomic E-state index is -0.393. The molecular weight excluding hydrogens is 304 g/mol. The van der Waals surface area contributed by atoms with Crippen LogP contribution in [-0.2, 0) is 24.4 Å². The Morgan fingerprint density at radius 1 is 1.32 bits per heavy atom. The Labute approximate surface area is 131 Å². The molecule has 0 aliphatic heterocycles. The van der Waals surface area contributed by atoms with Gasteiger partial charge in [0.25, 0.3) is 5.56 Å². The summed E-state index contributed by atoms with van der Waals surface area (Å²) in [5.74, 6) is 2.44. The largest absolute Gasteiger partial charge is 0.391 e. The van der Waals surface area contributed by atoms with Gasteiger partial charge in [-0.05, 0) is 12.5 Å². The van der Waals surface area contributed by atoms with Crippen molar-refractivity contribution in [3.05, 3.63) is 31.3 Å². The zero-order chi connectivity index (χ0) is 16.3. The van der Waals surface area contributed by atoms with Gasteiger partial charge in [-0.3, -0.25) is 13.9 Å². The van der Waals surface area contributed by atoms with Crippen molar-refractivity contribution < 1.29 is 9.84 Å². The number of fused-ring (bicyclic) bond motifs is 1. The molecule has 7 heteroatoms. The molecule has 0 radical (unpaired) electrons. The molecule has 0 atom stereocenters. The number of methoxy groups -OCH3 is 1. The van der Waals surface area contributed by atoms with Crippen molar-refractivity contribution in [2.24, 2.45) is 0 Å². The summed E-state index contributed by atoms with van der Waals surface area (Å²) in [6.07, 6.45) is 5.54. The molecule has 2 aromatic rings. The van der Waals surface area contributed by atoms with Crippen LogP contribution in [0.2, 0.25) is 0 Å². The van der Waals surface area contributed by atoms with Crippen LogP contribution in [0.15, 0.2) is 9.59 Å². The lowest BCUT2D eigenvalue weighted by Crippen LogP contribution is -2.40. The van der Waals surface area contributed by atoms with Gasteiger partial charge in [-0.25, -0.2) is 4.79 Å². The number of aliphatic hydroxyl groups excluding tert-OH is 1. The summed E-state index contributed by atoms with van der Waals surface area (Å²) in [7, 11) is 1.55. The molecule has 22 heavy (non-hydrogen) atoms. The summed E-state index contributed by atoms with van der Waals surface area (Å²) in [6, 6.07) is 0. The Morgan fingerprint density at radius 3 is 2.64 bits per heavy atom. The fraction of sp³-hybridized carbons (Fsp3) is 0.467. The van der Waals surface area contributed by atoms with Gasteiger partial charge in [0.2, 0.25) is 0 Å². The van der Waals surface area contributed by atoms with Crippen LogP contribution in [-0.4, -0.2) is 28.0 Å². The number of terminal acetylenes is 1. The maximum atomic E-state index is 12.6. The van der Waals surface area contributed by atoms with E-state index in [1.54, 1.807) is 14.0 Å². The second-order valence-electron chi connectivity index (χ2n) is 4.83. The van der Waals surface area contributed by atoms with Gasteiger partial charge < -0.3 is 9.84 Å². The molecule has 0 aliphatic rings. The molecule has 0 saturated heterocycles. The van der Waals surface area contributed by atoms with Crippen LogP contribution in [0, 0.1) is 19.3 Å². The summed E-state index contributed by atoms with van der Waals surface area (Å²) in [6.45, 7) is 2.50. The molecule has 0 fully saturated rings. The number of aromatic nitrogens is 2. The van der Waals surface area contributed by atoms with Gasteiger partial charge in [-0.15, -0.1) is 23.7 Å². The van der Waals surface area contributed by atoms with Gasteiger partial charge in [0, 0.05) is 25.0 Å². The lowest BCUT2D eigenvalue weighted by atomic mass is 10.2. The van der Waals surface area contributed by atoms with E-state index in [1.165, 1.54) is 20.5 Å². The molecule has 0 aromatic carbocycles. The number of hydrogen-bond donors (Lipinski definition) is 1. The second-order valence-corrected chi connectivity index (χ2v) is 5.91. The standard InChI is InChI=1S/C15H18N2O4S/c1-4-5-6-16-13(19)12-10(2)11(9-18)22-14(12)17(15(16)20)7-8-21-3/h1,18H,5-9H2,2-3H3. The van der Waals surface area contributed by atoms with Crippen molar-refractivity contribution in [2.75, 3.05) is 13.7 Å². The quantitative estimate of drug-likeness (QED) is 0.795. The van der Waals surface area contributed by atoms with Crippen LogP contribution in [0.5, 0.6) is 0 Å². The Balaban J connectivity index is 2.81. The number of hydrogen-bond acceptors (Lipinski definition) is 5. The van der Waals surface area contributed by atoms with Crippen LogP contribution < -0.4 is 11.2 Å². The number of aryl methyl sites for hydroxylation is 1. The highest BCUT2D eigenvalue weighted by molar-refractivity contribution is 7.18. The van der Waals surface area contributed by atoms with Crippen LogP contribution in [0.4, 0.5) is 0 Å². The van der Waals surface area contributed by atoms with Gasteiger partial charge in [0.15, 0.2) is 0 Å². The zero-order valence-electron chi connectivity index (χ0n) is 12.6. The first-order valence-corrected chi connectivity index (χ1v) is 7.67. The van der Waals surface area contributed by atoms with Crippen molar-refractivity contribution in [3.63, 3.8) is 0 Å². The fourth-order valence-corrected chi connectivity index (χ4v) is 3.52. The molecule has 2 heterocycles. The number of aliphatic hydroxyl groups is 1. The number of thiophene rings is 1. The van der Waals surface area contributed by atoms with Crippen LogP contribution in [0.1, 0.15) is 16.9 Å². The van der Waals surface area contributed by atoms with E-state index in [0.29, 0.717) is 40.2 Å². The first kappa shape index (κ1) is 16.5. The van der Waals surface area contributed by atoms with E-state index in [4.69, 9.17) is 11.2 Å². The fourth-order valence-electron chi connectivity index (χ4n) is 2.34. The van der Waals surface area contributed by atoms with E-state index >= 15 is 0 Å². The van der Waals surface area contributed by atoms with E-state index < -0.39 is 5.69 Å². The molecule has 0 amide bonds. The molecular formula is C15H18N2O4S. The maximum Gasteiger partial charge on any atom is 0.332 e. The van der Waals surface area contributed by atoms with Crippen LogP contribution >= 0.6 is 11.3 Å². The molecule has 0 aliphatic carbocycles. The van der Waals surface area contributed by atoms with E-state index in [1.807, 2.05) is 0 Å². The maximum absolute atomic E-state index is 12.6. The highest BCUT2D eigenvalue weighted by Gasteiger charge is 2.19. The van der Waals surface area contributed by atoms with E-state index in [9.17, 15) is 14.7 Å². The normalized spacial score (nSPS) is 11.0. The average Bonchev–Trinajstić information content (AvgIpc) is 2.84. The molecule has 1 N–H and O–H groups in total. The number of rotatable bonds is 6. The first-order valence-electron chi connectivity index (χ1n) is 6.85. The molecule has 0 spiro atoms. The van der Waals surface area contributed by atoms with Crippen molar-refractivity contribution in [3.8, 4) is 12.3 Å².